The van der Waals surface area contributed by atoms with Crippen LogP contribution in [0.5, 0.6) is 0 Å². The number of nitrogens with one attached hydrogen (secondary N) is 1. The fourth-order valence-electron chi connectivity index (χ4n) is 2.54. The summed E-state index contributed by atoms with van der Waals surface area (Å²) in [6.45, 7) is 6.26. The van der Waals surface area contributed by atoms with Gasteiger partial charge in [-0.1, -0.05) is 13.8 Å². The number of pyridine rings is 1. The highest BCUT2D eigenvalue weighted by Crippen LogP contribution is 2.19. The van der Waals surface area contributed by atoms with Gasteiger partial charge in [0.15, 0.2) is 0 Å². The molecule has 0 radical (unpaired) electrons. The summed E-state index contributed by atoms with van der Waals surface area (Å²) in [5.41, 5.74) is 2.07. The van der Waals surface area contributed by atoms with Gasteiger partial charge in [0.25, 0.3) is 0 Å². The fourth-order valence-corrected chi connectivity index (χ4v) is 2.54. The Bertz CT molecular complexity index is 516. The van der Waals surface area contributed by atoms with E-state index in [0.717, 1.165) is 11.1 Å². The monoisotopic (exact) mass is 275 g/mol. The Labute approximate surface area is 119 Å². The maximum Gasteiger partial charge on any atom is 0.246 e. The molecule has 5 heteroatoms. The van der Waals surface area contributed by atoms with E-state index in [-0.39, 0.29) is 17.9 Å². The number of rotatable bonds is 4. The molecule has 2 rings (SSSR count). The molecule has 0 saturated carbocycles. The summed E-state index contributed by atoms with van der Waals surface area (Å²) < 4.78 is 0. The number of nitrogens with zero attached hydrogens (tertiary/aromatic N) is 2. The molecular formula is C15H21N3O2. The van der Waals surface area contributed by atoms with Crippen LogP contribution in [0, 0.1) is 6.92 Å². The first kappa shape index (κ1) is 14.5. The SMILES string of the molecule is CCC1NC(=O)C(CC)N(Cc2cnccc2C)C1=O. The van der Waals surface area contributed by atoms with Gasteiger partial charge in [-0.3, -0.25) is 14.6 Å². The molecule has 2 amide bonds. The van der Waals surface area contributed by atoms with Gasteiger partial charge in [0.2, 0.25) is 11.8 Å². The van der Waals surface area contributed by atoms with E-state index in [1.165, 1.54) is 0 Å². The van der Waals surface area contributed by atoms with Crippen molar-refractivity contribution in [3.63, 3.8) is 0 Å². The van der Waals surface area contributed by atoms with Gasteiger partial charge in [0.1, 0.15) is 12.1 Å². The summed E-state index contributed by atoms with van der Waals surface area (Å²) in [6.07, 6.45) is 4.73. The Balaban J connectivity index is 2.27. The quantitative estimate of drug-likeness (QED) is 0.903. The van der Waals surface area contributed by atoms with Crippen LogP contribution in [0.2, 0.25) is 0 Å². The van der Waals surface area contributed by atoms with Crippen LogP contribution in [0.15, 0.2) is 18.5 Å². The zero-order valence-electron chi connectivity index (χ0n) is 12.2. The minimum atomic E-state index is -0.401. The molecule has 0 spiro atoms. The summed E-state index contributed by atoms with van der Waals surface area (Å²) in [7, 11) is 0. The number of aromatic nitrogens is 1. The number of hydrogen-bond acceptors (Lipinski definition) is 3. The van der Waals surface area contributed by atoms with Crippen LogP contribution >= 0.6 is 0 Å². The molecule has 1 saturated heterocycles. The number of aryl methyl sites for hydroxylation is 1. The molecule has 1 N–H and O–H groups in total. The number of carbonyl (C=O) groups is 2. The average Bonchev–Trinajstić information content (AvgIpc) is 2.45. The maximum absolute atomic E-state index is 12.5. The summed E-state index contributed by atoms with van der Waals surface area (Å²) in [5.74, 6) is -0.0531. The zero-order chi connectivity index (χ0) is 14.7. The number of hydrogen-bond donors (Lipinski definition) is 1. The first-order valence-corrected chi connectivity index (χ1v) is 7.08. The van der Waals surface area contributed by atoms with Crippen molar-refractivity contribution >= 4 is 11.8 Å². The smallest absolute Gasteiger partial charge is 0.246 e. The van der Waals surface area contributed by atoms with E-state index >= 15 is 0 Å². The van der Waals surface area contributed by atoms with Gasteiger partial charge in [-0.15, -0.1) is 0 Å². The molecule has 0 aromatic carbocycles. The zero-order valence-corrected chi connectivity index (χ0v) is 12.2. The summed E-state index contributed by atoms with van der Waals surface area (Å²) >= 11 is 0. The third kappa shape index (κ3) is 2.66. The molecule has 2 atom stereocenters. The molecule has 0 aliphatic carbocycles. The Morgan fingerprint density at radius 2 is 2.05 bits per heavy atom. The van der Waals surface area contributed by atoms with Gasteiger partial charge in [0.05, 0.1) is 0 Å². The van der Waals surface area contributed by atoms with Crippen LogP contribution in [0.1, 0.15) is 37.8 Å². The molecule has 5 nitrogen and oxygen atoms in total. The third-order valence-corrected chi connectivity index (χ3v) is 3.86. The van der Waals surface area contributed by atoms with E-state index in [9.17, 15) is 9.59 Å². The normalized spacial score (nSPS) is 22.9. The van der Waals surface area contributed by atoms with Crippen molar-refractivity contribution in [3.8, 4) is 0 Å². The predicted octanol–water partition coefficient (Wildman–Crippen LogP) is 1.41. The van der Waals surface area contributed by atoms with Crippen molar-refractivity contribution in [3.05, 3.63) is 29.6 Å². The second-order valence-electron chi connectivity index (χ2n) is 5.16. The Morgan fingerprint density at radius 3 is 2.65 bits per heavy atom. The standard InChI is InChI=1S/C15H21N3O2/c1-4-12-15(20)18(13(5-2)14(19)17-12)9-11-8-16-7-6-10(11)3/h6-8,12-13H,4-5,9H2,1-3H3,(H,17,19). The fraction of sp³-hybridized carbons (Fsp3) is 0.533. The first-order valence-electron chi connectivity index (χ1n) is 7.08. The minimum Gasteiger partial charge on any atom is -0.343 e. The van der Waals surface area contributed by atoms with E-state index < -0.39 is 6.04 Å². The van der Waals surface area contributed by atoms with Crippen LogP contribution < -0.4 is 5.32 Å². The summed E-state index contributed by atoms with van der Waals surface area (Å²) in [5, 5.41) is 2.80. The summed E-state index contributed by atoms with van der Waals surface area (Å²) in [4.78, 5) is 30.4. The van der Waals surface area contributed by atoms with Gasteiger partial charge < -0.3 is 10.2 Å². The van der Waals surface area contributed by atoms with Crippen LogP contribution in [0.3, 0.4) is 0 Å². The highest BCUT2D eigenvalue weighted by Gasteiger charge is 2.38. The number of amides is 2. The number of carbonyl (C=O) groups excluding carboxylic acids is 2. The molecule has 1 aromatic rings. The second kappa shape index (κ2) is 6.03. The molecule has 1 fully saturated rings. The van der Waals surface area contributed by atoms with E-state index in [1.54, 1.807) is 17.3 Å². The van der Waals surface area contributed by atoms with Crippen LogP contribution in [0.25, 0.3) is 0 Å². The lowest BCUT2D eigenvalue weighted by molar-refractivity contribution is -0.150. The maximum atomic E-state index is 12.5. The van der Waals surface area contributed by atoms with Crippen molar-refractivity contribution in [2.24, 2.45) is 0 Å². The lowest BCUT2D eigenvalue weighted by atomic mass is 10.0. The van der Waals surface area contributed by atoms with E-state index in [4.69, 9.17) is 0 Å². The van der Waals surface area contributed by atoms with E-state index in [1.807, 2.05) is 26.8 Å². The molecule has 0 bridgehead atoms. The van der Waals surface area contributed by atoms with Gasteiger partial charge in [0, 0.05) is 18.9 Å². The molecule has 1 aliphatic heterocycles. The highest BCUT2D eigenvalue weighted by molar-refractivity contribution is 5.96. The van der Waals surface area contributed by atoms with Crippen LogP contribution in [-0.4, -0.2) is 33.8 Å². The first-order chi connectivity index (χ1) is 9.58. The summed E-state index contributed by atoms with van der Waals surface area (Å²) in [6, 6.07) is 1.13. The number of piperazine rings is 1. The molecule has 20 heavy (non-hydrogen) atoms. The average molecular weight is 275 g/mol. The van der Waals surface area contributed by atoms with Crippen LogP contribution in [0.4, 0.5) is 0 Å². The molecule has 1 aromatic heterocycles. The Morgan fingerprint density at radius 1 is 1.30 bits per heavy atom. The van der Waals surface area contributed by atoms with Crippen LogP contribution in [-0.2, 0) is 16.1 Å². The molecule has 2 unspecified atom stereocenters. The topological polar surface area (TPSA) is 62.3 Å². The van der Waals surface area contributed by atoms with Gasteiger partial charge in [-0.2, -0.15) is 0 Å². The van der Waals surface area contributed by atoms with Crippen molar-refractivity contribution in [1.29, 1.82) is 0 Å². The van der Waals surface area contributed by atoms with Gasteiger partial charge in [-0.05, 0) is 37.0 Å². The lowest BCUT2D eigenvalue weighted by Crippen LogP contribution is -2.62. The van der Waals surface area contributed by atoms with E-state index in [0.29, 0.717) is 19.4 Å². The molecule has 1 aliphatic rings. The minimum absolute atomic E-state index is 0.00204. The molecule has 108 valence electrons. The Kier molecular flexibility index (Phi) is 4.37. The Hall–Kier alpha value is -1.91. The van der Waals surface area contributed by atoms with Crippen molar-refractivity contribution in [2.75, 3.05) is 0 Å². The molecular weight excluding hydrogens is 254 g/mol. The largest absolute Gasteiger partial charge is 0.343 e. The van der Waals surface area contributed by atoms with E-state index in [2.05, 4.69) is 10.3 Å². The lowest BCUT2D eigenvalue weighted by Gasteiger charge is -2.38. The van der Waals surface area contributed by atoms with Crippen molar-refractivity contribution < 1.29 is 9.59 Å². The van der Waals surface area contributed by atoms with Crippen molar-refractivity contribution in [1.82, 2.24) is 15.2 Å². The predicted molar refractivity (Wildman–Crippen MR) is 75.8 cm³/mol. The third-order valence-electron chi connectivity index (χ3n) is 3.86. The van der Waals surface area contributed by atoms with Gasteiger partial charge >= 0.3 is 0 Å². The highest BCUT2D eigenvalue weighted by atomic mass is 16.2. The van der Waals surface area contributed by atoms with Gasteiger partial charge in [-0.25, -0.2) is 0 Å². The second-order valence-corrected chi connectivity index (χ2v) is 5.16. The van der Waals surface area contributed by atoms with Crippen molar-refractivity contribution in [2.45, 2.75) is 52.2 Å². The molecule has 2 heterocycles.